The number of aromatic nitrogens is 2. The van der Waals surface area contributed by atoms with E-state index in [-0.39, 0.29) is 59.5 Å². The highest BCUT2D eigenvalue weighted by atomic mass is 32.2. The molecular formula is C33H40N4O6S2. The Balaban J connectivity index is 1.63. The third kappa shape index (κ3) is 6.81. The lowest BCUT2D eigenvalue weighted by Gasteiger charge is -2.17. The number of hydrogen-bond acceptors (Lipinski definition) is 6. The van der Waals surface area contributed by atoms with Crippen molar-refractivity contribution in [1.82, 2.24) is 20.6 Å². The van der Waals surface area contributed by atoms with Crippen molar-refractivity contribution in [3.63, 3.8) is 0 Å². The molecule has 0 spiro atoms. The fraction of sp³-hybridized carbons (Fsp3) is 0.455. The number of aliphatic carboxylic acids is 2. The molecule has 2 saturated heterocycles. The van der Waals surface area contributed by atoms with Gasteiger partial charge in [-0.15, -0.1) is 0 Å². The lowest BCUT2D eigenvalue weighted by atomic mass is 9.91. The van der Waals surface area contributed by atoms with Crippen LogP contribution in [0.2, 0.25) is 0 Å². The summed E-state index contributed by atoms with van der Waals surface area (Å²) in [6.07, 6.45) is 6.25. The van der Waals surface area contributed by atoms with Crippen LogP contribution < -0.4 is 21.3 Å². The van der Waals surface area contributed by atoms with Gasteiger partial charge in [0.2, 0.25) is 11.8 Å². The number of aromatic amines is 2. The SMILES string of the molecule is CC1=C([C@@H]2CS2)C(=O)N[C@@H]1/C=c1/[nH]/c(=C/c2[nH]c(/C=C3\NC(=O)[C@H](C)[C@H]3[C@H](C)S)c(C)c2CCC(=O)O)c(CCC(=O)O)c1C. The van der Waals surface area contributed by atoms with E-state index in [1.165, 1.54) is 0 Å². The van der Waals surface area contributed by atoms with Crippen LogP contribution in [0.25, 0.3) is 18.2 Å². The number of carboxylic acids is 2. The first-order valence-corrected chi connectivity index (χ1v) is 16.7. The van der Waals surface area contributed by atoms with Gasteiger partial charge < -0.3 is 30.8 Å². The molecule has 2 amide bonds. The fourth-order valence-electron chi connectivity index (χ4n) is 6.53. The van der Waals surface area contributed by atoms with Crippen LogP contribution in [0.15, 0.2) is 16.8 Å². The Morgan fingerprint density at radius 1 is 0.978 bits per heavy atom. The molecule has 2 aromatic heterocycles. The maximum absolute atomic E-state index is 12.7. The lowest BCUT2D eigenvalue weighted by molar-refractivity contribution is -0.138. The van der Waals surface area contributed by atoms with Crippen LogP contribution in [0.4, 0.5) is 0 Å². The first-order valence-electron chi connectivity index (χ1n) is 15.2. The van der Waals surface area contributed by atoms with Gasteiger partial charge >= 0.3 is 11.9 Å². The molecule has 5 heterocycles. The van der Waals surface area contributed by atoms with Gasteiger partial charge in [-0.3, -0.25) is 19.2 Å². The monoisotopic (exact) mass is 652 g/mol. The summed E-state index contributed by atoms with van der Waals surface area (Å²) >= 11 is 6.38. The van der Waals surface area contributed by atoms with Gasteiger partial charge in [-0.1, -0.05) is 13.8 Å². The number of carbonyl (C=O) groups is 4. The third-order valence-electron chi connectivity index (χ3n) is 9.18. The van der Waals surface area contributed by atoms with Crippen LogP contribution in [0.3, 0.4) is 0 Å². The number of thioether (sulfide) groups is 1. The average molecular weight is 653 g/mol. The zero-order chi connectivity index (χ0) is 32.7. The molecule has 0 unspecified atom stereocenters. The van der Waals surface area contributed by atoms with Crippen molar-refractivity contribution in [2.45, 2.75) is 76.8 Å². The fourth-order valence-corrected chi connectivity index (χ4v) is 7.67. The Morgan fingerprint density at radius 2 is 1.62 bits per heavy atom. The molecule has 6 N–H and O–H groups in total. The van der Waals surface area contributed by atoms with Gasteiger partial charge in [0.15, 0.2) is 0 Å². The average Bonchev–Trinajstić information content (AvgIpc) is 3.52. The first kappa shape index (κ1) is 32.7. The van der Waals surface area contributed by atoms with E-state index in [1.807, 2.05) is 52.8 Å². The van der Waals surface area contributed by atoms with E-state index in [0.29, 0.717) is 17.5 Å². The minimum atomic E-state index is -0.914. The van der Waals surface area contributed by atoms with Gasteiger partial charge in [0.1, 0.15) is 0 Å². The molecule has 2 aromatic rings. The Bertz CT molecular complexity index is 1760. The summed E-state index contributed by atoms with van der Waals surface area (Å²) in [6, 6.07) is -0.269. The zero-order valence-corrected chi connectivity index (χ0v) is 27.7. The molecule has 5 rings (SSSR count). The predicted octanol–water partition coefficient (Wildman–Crippen LogP) is 2.57. The maximum atomic E-state index is 12.7. The summed E-state index contributed by atoms with van der Waals surface area (Å²) in [7, 11) is 0. The molecule has 0 radical (unpaired) electrons. The molecule has 0 aromatic carbocycles. The Hall–Kier alpha value is -3.64. The van der Waals surface area contributed by atoms with Gasteiger partial charge in [0, 0.05) is 74.3 Å². The number of H-pyrrole nitrogens is 2. The van der Waals surface area contributed by atoms with E-state index in [1.54, 1.807) is 11.8 Å². The largest absolute Gasteiger partial charge is 0.481 e. The molecule has 3 aliphatic rings. The zero-order valence-electron chi connectivity index (χ0n) is 26.0. The second-order valence-corrected chi connectivity index (χ2v) is 14.3. The van der Waals surface area contributed by atoms with Crippen molar-refractivity contribution >= 4 is 66.4 Å². The molecule has 3 aliphatic heterocycles. The topological polar surface area (TPSA) is 164 Å². The van der Waals surface area contributed by atoms with Crippen molar-refractivity contribution in [3.8, 4) is 0 Å². The van der Waals surface area contributed by atoms with Crippen LogP contribution in [0.5, 0.6) is 0 Å². The summed E-state index contributed by atoms with van der Waals surface area (Å²) in [4.78, 5) is 55.3. The van der Waals surface area contributed by atoms with Crippen molar-refractivity contribution in [2.24, 2.45) is 11.8 Å². The van der Waals surface area contributed by atoms with E-state index >= 15 is 0 Å². The number of rotatable bonds is 11. The maximum Gasteiger partial charge on any atom is 0.303 e. The summed E-state index contributed by atoms with van der Waals surface area (Å²) in [5.41, 5.74) is 7.49. The molecule has 2 fully saturated rings. The number of thiol groups is 1. The van der Waals surface area contributed by atoms with Gasteiger partial charge in [0.05, 0.1) is 6.04 Å². The lowest BCUT2D eigenvalue weighted by Crippen LogP contribution is -2.29. The van der Waals surface area contributed by atoms with Gasteiger partial charge in [0.25, 0.3) is 0 Å². The van der Waals surface area contributed by atoms with E-state index in [9.17, 15) is 29.4 Å². The van der Waals surface area contributed by atoms with Crippen molar-refractivity contribution in [3.05, 3.63) is 61.2 Å². The van der Waals surface area contributed by atoms with Gasteiger partial charge in [-0.2, -0.15) is 24.4 Å². The Labute approximate surface area is 271 Å². The normalized spacial score (nSPS) is 25.3. The Kier molecular flexibility index (Phi) is 9.46. The minimum absolute atomic E-state index is 0.0418. The van der Waals surface area contributed by atoms with Crippen LogP contribution in [0.1, 0.15) is 67.3 Å². The quantitative estimate of drug-likeness (QED) is 0.145. The molecule has 0 aliphatic carbocycles. The van der Waals surface area contributed by atoms with Gasteiger partial charge in [-0.05, 0) is 79.7 Å². The summed E-state index contributed by atoms with van der Waals surface area (Å²) in [6.45, 7) is 9.68. The van der Waals surface area contributed by atoms with E-state index < -0.39 is 11.9 Å². The third-order valence-corrected chi connectivity index (χ3v) is 10.4. The molecule has 45 heavy (non-hydrogen) atoms. The van der Waals surface area contributed by atoms with Crippen LogP contribution in [0, 0.1) is 25.7 Å². The van der Waals surface area contributed by atoms with E-state index in [2.05, 4.69) is 33.2 Å². The standard InChI is InChI=1S/C33H40N4O6S2/c1-14-19(6-8-28(38)39)24(34-21(14)10-23-16(3)31(27-13-45-27)33(43)36-23)12-25-20(7-9-29(40)41)15(2)22(35-25)11-26-30(18(5)44)17(4)32(42)37-26/h10-12,17-18,23,27,30,34-35,44H,6-9,13H2,1-5H3,(H,36,43)(H,37,42)(H,38,39)(H,40,41)/b21-10+,24-12+,26-11-/t17-,18+,23-,27+,30+/m1/s1. The number of hydrogen-bond donors (Lipinski definition) is 7. The summed E-state index contributed by atoms with van der Waals surface area (Å²) < 4.78 is 0. The number of carbonyl (C=O) groups excluding carboxylic acids is 2. The number of nitrogens with one attached hydrogen (secondary N) is 4. The molecule has 12 heteroatoms. The number of amides is 2. The van der Waals surface area contributed by atoms with Crippen molar-refractivity contribution in [2.75, 3.05) is 5.75 Å². The van der Waals surface area contributed by atoms with Crippen LogP contribution in [-0.4, -0.2) is 66.2 Å². The second-order valence-electron chi connectivity index (χ2n) is 12.2. The van der Waals surface area contributed by atoms with E-state index in [0.717, 1.165) is 55.9 Å². The molecule has 10 nitrogen and oxygen atoms in total. The highest BCUT2D eigenvalue weighted by Gasteiger charge is 2.39. The molecule has 5 atom stereocenters. The highest BCUT2D eigenvalue weighted by molar-refractivity contribution is 8.07. The second kappa shape index (κ2) is 13.0. The van der Waals surface area contributed by atoms with Crippen LogP contribution >= 0.6 is 24.4 Å². The number of carboxylic acid groups (broad SMARTS) is 2. The minimum Gasteiger partial charge on any atom is -0.481 e. The number of allylic oxidation sites excluding steroid dienone is 1. The highest BCUT2D eigenvalue weighted by Crippen LogP contribution is 2.40. The first-order chi connectivity index (χ1) is 21.3. The molecule has 240 valence electrons. The van der Waals surface area contributed by atoms with Crippen LogP contribution in [-0.2, 0) is 32.0 Å². The van der Waals surface area contributed by atoms with Crippen molar-refractivity contribution in [1.29, 1.82) is 0 Å². The smallest absolute Gasteiger partial charge is 0.303 e. The van der Waals surface area contributed by atoms with Gasteiger partial charge in [-0.25, -0.2) is 0 Å². The van der Waals surface area contributed by atoms with E-state index in [4.69, 9.17) is 0 Å². The molecular weight excluding hydrogens is 613 g/mol. The Morgan fingerprint density at radius 3 is 2.22 bits per heavy atom. The molecule has 0 bridgehead atoms. The molecule has 0 saturated carbocycles. The summed E-state index contributed by atoms with van der Waals surface area (Å²) in [5, 5.41) is 26.7. The van der Waals surface area contributed by atoms with Crippen molar-refractivity contribution < 1.29 is 29.4 Å². The predicted molar refractivity (Wildman–Crippen MR) is 178 cm³/mol. The summed E-state index contributed by atoms with van der Waals surface area (Å²) in [5.74, 6) is -1.30.